The van der Waals surface area contributed by atoms with Crippen LogP contribution in [0.15, 0.2) is 122 Å². The van der Waals surface area contributed by atoms with Gasteiger partial charge < -0.3 is 10.5 Å². The van der Waals surface area contributed by atoms with E-state index in [-0.39, 0.29) is 19.2 Å². The van der Waals surface area contributed by atoms with Gasteiger partial charge in [0.25, 0.3) is 11.8 Å². The highest BCUT2D eigenvalue weighted by Crippen LogP contribution is 2.31. The molecule has 0 unspecified atom stereocenters. The Morgan fingerprint density at radius 2 is 0.955 bits per heavy atom. The Morgan fingerprint density at radius 1 is 0.523 bits per heavy atom. The van der Waals surface area contributed by atoms with Crippen molar-refractivity contribution in [2.24, 2.45) is 0 Å². The minimum atomic E-state index is -0.550. The van der Waals surface area contributed by atoms with Gasteiger partial charge >= 0.3 is 11.9 Å². The second-order valence-electron chi connectivity index (χ2n) is 9.49. The van der Waals surface area contributed by atoms with Gasteiger partial charge in [-0.2, -0.15) is 0 Å². The van der Waals surface area contributed by atoms with E-state index >= 15 is 0 Å². The summed E-state index contributed by atoms with van der Waals surface area (Å²) in [7, 11) is 0. The highest BCUT2D eigenvalue weighted by Gasteiger charge is 2.37. The summed E-state index contributed by atoms with van der Waals surface area (Å²) in [4.78, 5) is 56.1. The molecule has 2 amide bonds. The second kappa shape index (κ2) is 12.3. The molecule has 9 nitrogen and oxygen atoms in total. The number of esters is 2. The number of imide groups is 1. The molecule has 0 saturated heterocycles. The molecule has 2 aromatic heterocycles. The summed E-state index contributed by atoms with van der Waals surface area (Å²) < 4.78 is 4.35. The number of carbonyl (C=O) groups excluding carboxylic acids is 4. The molecule has 0 spiro atoms. The van der Waals surface area contributed by atoms with E-state index in [0.29, 0.717) is 33.9 Å². The molecule has 0 aliphatic carbocycles. The van der Waals surface area contributed by atoms with Gasteiger partial charge in [-0.15, -0.1) is 0 Å². The monoisotopic (exact) mass is 582 g/mol. The number of rotatable bonds is 1. The Kier molecular flexibility index (Phi) is 8.21. The van der Waals surface area contributed by atoms with Crippen molar-refractivity contribution in [3.8, 4) is 0 Å². The number of pyridine rings is 2. The molecular formula is C35H26N4O5. The zero-order valence-corrected chi connectivity index (χ0v) is 22.5. The number of nitrogen functional groups attached to an aromatic ring is 1. The lowest BCUT2D eigenvalue weighted by Crippen LogP contribution is -2.30. The molecule has 2 aliphatic heterocycles. The van der Waals surface area contributed by atoms with Crippen LogP contribution in [0.3, 0.4) is 0 Å². The Morgan fingerprint density at radius 3 is 1.50 bits per heavy atom. The minimum Gasteiger partial charge on any atom is -0.386 e. The molecule has 0 fully saturated rings. The van der Waals surface area contributed by atoms with E-state index in [0.717, 1.165) is 26.4 Å². The first kappa shape index (κ1) is 29.3. The molecule has 2 aliphatic rings. The van der Waals surface area contributed by atoms with Crippen molar-refractivity contribution in [2.45, 2.75) is 7.43 Å². The highest BCUT2D eigenvalue weighted by molar-refractivity contribution is 6.35. The molecule has 9 heteroatoms. The SMILES string of the molecule is C.Nc1nccc2ccccc12.O=C1OC(=O)c2ccccc21.O=C1c2ccccc2C(=O)N1c1nccc2ccccc12. The Labute approximate surface area is 252 Å². The third-order valence-electron chi connectivity index (χ3n) is 6.92. The lowest BCUT2D eigenvalue weighted by Gasteiger charge is -2.14. The maximum Gasteiger partial charge on any atom is 0.346 e. The van der Waals surface area contributed by atoms with E-state index < -0.39 is 11.9 Å². The van der Waals surface area contributed by atoms with Gasteiger partial charge in [0.15, 0.2) is 5.82 Å². The molecule has 0 radical (unpaired) electrons. The van der Waals surface area contributed by atoms with Crippen molar-refractivity contribution in [1.82, 2.24) is 9.97 Å². The van der Waals surface area contributed by atoms with E-state index in [2.05, 4.69) is 14.7 Å². The fourth-order valence-electron chi connectivity index (χ4n) is 4.84. The number of hydrogen-bond donors (Lipinski definition) is 1. The van der Waals surface area contributed by atoms with Gasteiger partial charge in [0.05, 0.1) is 22.3 Å². The highest BCUT2D eigenvalue weighted by atomic mass is 16.6. The van der Waals surface area contributed by atoms with Crippen molar-refractivity contribution in [1.29, 1.82) is 0 Å². The fourth-order valence-corrected chi connectivity index (χ4v) is 4.84. The topological polar surface area (TPSA) is 133 Å². The van der Waals surface area contributed by atoms with Crippen LogP contribution in [0, 0.1) is 0 Å². The van der Waals surface area contributed by atoms with Crippen molar-refractivity contribution < 1.29 is 23.9 Å². The van der Waals surface area contributed by atoms with E-state index in [9.17, 15) is 19.2 Å². The lowest BCUT2D eigenvalue weighted by atomic mass is 10.1. The largest absolute Gasteiger partial charge is 0.386 e. The number of fused-ring (bicyclic) bond motifs is 4. The third kappa shape index (κ3) is 5.37. The molecule has 6 aromatic rings. The van der Waals surface area contributed by atoms with E-state index in [1.54, 1.807) is 60.9 Å². The molecule has 4 heterocycles. The van der Waals surface area contributed by atoms with Crippen LogP contribution < -0.4 is 10.6 Å². The summed E-state index contributed by atoms with van der Waals surface area (Å²) in [6.45, 7) is 0. The molecule has 8 rings (SSSR count). The Bertz CT molecular complexity index is 2000. The van der Waals surface area contributed by atoms with Gasteiger partial charge in [-0.25, -0.2) is 24.5 Å². The minimum absolute atomic E-state index is 0. The molecule has 0 atom stereocenters. The van der Waals surface area contributed by atoms with Gasteiger partial charge in [-0.05, 0) is 47.2 Å². The summed E-state index contributed by atoms with van der Waals surface area (Å²) >= 11 is 0. The molecule has 4 aromatic carbocycles. The number of hydrogen-bond acceptors (Lipinski definition) is 8. The zero-order chi connectivity index (χ0) is 29.9. The van der Waals surface area contributed by atoms with Gasteiger partial charge in [0.1, 0.15) is 5.82 Å². The molecule has 0 bridgehead atoms. The van der Waals surface area contributed by atoms with E-state index in [1.165, 1.54) is 0 Å². The molecule has 0 saturated carbocycles. The summed E-state index contributed by atoms with van der Waals surface area (Å²) in [5.74, 6) is -0.752. The van der Waals surface area contributed by atoms with Crippen LogP contribution in [0.2, 0.25) is 0 Å². The summed E-state index contributed by atoms with van der Waals surface area (Å²) in [5, 5.41) is 3.89. The number of aromatic nitrogens is 2. The second-order valence-corrected chi connectivity index (χ2v) is 9.49. The smallest absolute Gasteiger partial charge is 0.346 e. The van der Waals surface area contributed by atoms with Crippen LogP contribution in [0.5, 0.6) is 0 Å². The van der Waals surface area contributed by atoms with E-state index in [4.69, 9.17) is 5.73 Å². The van der Waals surface area contributed by atoms with E-state index in [1.807, 2.05) is 60.7 Å². The van der Waals surface area contributed by atoms with Crippen molar-refractivity contribution >= 4 is 56.9 Å². The quantitative estimate of drug-likeness (QED) is 0.132. The Balaban J connectivity index is 0.000000142. The standard InChI is InChI=1S/C17H10N2O2.C9H8N2.C8H4O3.CH4/c20-16-13-7-3-4-8-14(13)17(21)19(16)15-12-6-2-1-5-11(12)9-10-18-15;10-9-8-4-2-1-3-7(8)5-6-11-9;9-7-5-3-1-2-4-6(5)8(10)11-7;/h1-10H;1-6H,(H2,10,11);1-4H;1H4. The third-order valence-corrected chi connectivity index (χ3v) is 6.92. The summed E-state index contributed by atoms with van der Waals surface area (Å²) in [6, 6.07) is 32.7. The lowest BCUT2D eigenvalue weighted by molar-refractivity contribution is 0.0443. The zero-order valence-electron chi connectivity index (χ0n) is 22.5. The van der Waals surface area contributed by atoms with Crippen molar-refractivity contribution in [2.75, 3.05) is 10.6 Å². The molecule has 44 heavy (non-hydrogen) atoms. The predicted octanol–water partition coefficient (Wildman–Crippen LogP) is 6.49. The number of anilines is 2. The predicted molar refractivity (Wildman–Crippen MR) is 168 cm³/mol. The number of nitrogens with two attached hydrogens (primary N) is 1. The number of cyclic esters (lactones) is 2. The number of nitrogens with zero attached hydrogens (tertiary/aromatic N) is 3. The first-order valence-corrected chi connectivity index (χ1v) is 13.2. The van der Waals surface area contributed by atoms with Gasteiger partial charge in [-0.3, -0.25) is 9.59 Å². The van der Waals surface area contributed by atoms with Crippen LogP contribution >= 0.6 is 0 Å². The molecule has 2 N–H and O–H groups in total. The van der Waals surface area contributed by atoms with Gasteiger partial charge in [0.2, 0.25) is 0 Å². The van der Waals surface area contributed by atoms with Crippen molar-refractivity contribution in [3.05, 3.63) is 144 Å². The first-order valence-electron chi connectivity index (χ1n) is 13.2. The average Bonchev–Trinajstić information content (AvgIpc) is 3.48. The van der Waals surface area contributed by atoms with Crippen LogP contribution in [-0.4, -0.2) is 33.7 Å². The summed E-state index contributed by atoms with van der Waals surface area (Å²) in [5.41, 5.74) is 7.22. The maximum absolute atomic E-state index is 12.5. The molecular weight excluding hydrogens is 556 g/mol. The maximum atomic E-state index is 12.5. The fraction of sp³-hybridized carbons (Fsp3) is 0.0286. The van der Waals surface area contributed by atoms with Crippen LogP contribution in [0.25, 0.3) is 21.5 Å². The normalized spacial score (nSPS) is 12.8. The van der Waals surface area contributed by atoms with Gasteiger partial charge in [-0.1, -0.05) is 80.2 Å². The van der Waals surface area contributed by atoms with Crippen LogP contribution in [0.4, 0.5) is 11.6 Å². The number of amides is 2. The summed E-state index contributed by atoms with van der Waals surface area (Å²) in [6.07, 6.45) is 3.33. The number of carbonyl (C=O) groups is 4. The molecule has 216 valence electrons. The van der Waals surface area contributed by atoms with Gasteiger partial charge in [0, 0.05) is 23.2 Å². The number of ether oxygens (including phenoxy) is 1. The van der Waals surface area contributed by atoms with Crippen LogP contribution in [0.1, 0.15) is 48.9 Å². The van der Waals surface area contributed by atoms with Crippen molar-refractivity contribution in [3.63, 3.8) is 0 Å². The average molecular weight is 583 g/mol. The Hall–Kier alpha value is -6.22. The van der Waals surface area contributed by atoms with Crippen LogP contribution in [-0.2, 0) is 4.74 Å². The number of benzene rings is 4. The first-order chi connectivity index (χ1) is 20.9.